The van der Waals surface area contributed by atoms with Gasteiger partial charge in [0.05, 0.1) is 5.56 Å². The SMILES string of the molecule is O=C(O)c1cc(F)cc(OCc2ccc(F)cc2)c1. The molecule has 98 valence electrons. The van der Waals surface area contributed by atoms with Gasteiger partial charge in [0, 0.05) is 6.07 Å². The fourth-order valence-corrected chi connectivity index (χ4v) is 1.52. The lowest BCUT2D eigenvalue weighted by molar-refractivity contribution is 0.0695. The van der Waals surface area contributed by atoms with Gasteiger partial charge in [-0.05, 0) is 29.8 Å². The summed E-state index contributed by atoms with van der Waals surface area (Å²) in [6.07, 6.45) is 0. The number of aromatic carboxylic acids is 1. The van der Waals surface area contributed by atoms with E-state index < -0.39 is 11.8 Å². The second kappa shape index (κ2) is 5.48. The van der Waals surface area contributed by atoms with Crippen molar-refractivity contribution in [3.8, 4) is 5.75 Å². The van der Waals surface area contributed by atoms with Crippen molar-refractivity contribution in [2.45, 2.75) is 6.61 Å². The summed E-state index contributed by atoms with van der Waals surface area (Å²) in [4.78, 5) is 10.8. The summed E-state index contributed by atoms with van der Waals surface area (Å²) >= 11 is 0. The molecule has 2 rings (SSSR count). The van der Waals surface area contributed by atoms with E-state index in [2.05, 4.69) is 0 Å². The summed E-state index contributed by atoms with van der Waals surface area (Å²) in [5.41, 5.74) is 0.511. The molecule has 2 aromatic rings. The van der Waals surface area contributed by atoms with Crippen LogP contribution >= 0.6 is 0 Å². The first-order valence-corrected chi connectivity index (χ1v) is 5.46. The number of benzene rings is 2. The van der Waals surface area contributed by atoms with Gasteiger partial charge < -0.3 is 9.84 Å². The highest BCUT2D eigenvalue weighted by Crippen LogP contribution is 2.18. The van der Waals surface area contributed by atoms with Gasteiger partial charge in [-0.2, -0.15) is 0 Å². The normalized spacial score (nSPS) is 10.2. The zero-order valence-corrected chi connectivity index (χ0v) is 9.77. The lowest BCUT2D eigenvalue weighted by Gasteiger charge is -2.07. The molecule has 1 N–H and O–H groups in total. The largest absolute Gasteiger partial charge is 0.489 e. The van der Waals surface area contributed by atoms with Crippen LogP contribution in [0, 0.1) is 11.6 Å². The maximum atomic E-state index is 13.2. The van der Waals surface area contributed by atoms with E-state index in [0.717, 1.165) is 12.1 Å². The summed E-state index contributed by atoms with van der Waals surface area (Å²) < 4.78 is 31.1. The predicted molar refractivity (Wildman–Crippen MR) is 64.1 cm³/mol. The van der Waals surface area contributed by atoms with E-state index in [4.69, 9.17) is 9.84 Å². The Labute approximate surface area is 108 Å². The monoisotopic (exact) mass is 264 g/mol. The molecule has 0 saturated carbocycles. The molecule has 0 aliphatic carbocycles. The summed E-state index contributed by atoms with van der Waals surface area (Å²) in [6.45, 7) is 0.1000. The molecule has 0 spiro atoms. The van der Waals surface area contributed by atoms with E-state index in [1.54, 1.807) is 0 Å². The van der Waals surface area contributed by atoms with Gasteiger partial charge >= 0.3 is 5.97 Å². The van der Waals surface area contributed by atoms with Crippen LogP contribution in [0.4, 0.5) is 8.78 Å². The van der Waals surface area contributed by atoms with Crippen LogP contribution in [0.25, 0.3) is 0 Å². The Balaban J connectivity index is 2.11. The molecule has 5 heteroatoms. The van der Waals surface area contributed by atoms with Gasteiger partial charge in [-0.25, -0.2) is 13.6 Å². The molecule has 0 radical (unpaired) electrons. The number of hydrogen-bond acceptors (Lipinski definition) is 2. The number of hydrogen-bond donors (Lipinski definition) is 1. The smallest absolute Gasteiger partial charge is 0.335 e. The molecule has 0 aliphatic rings. The van der Waals surface area contributed by atoms with Crippen LogP contribution in [0.5, 0.6) is 5.75 Å². The molecular weight excluding hydrogens is 254 g/mol. The van der Waals surface area contributed by atoms with E-state index >= 15 is 0 Å². The summed E-state index contributed by atoms with van der Waals surface area (Å²) in [5.74, 6) is -2.16. The minimum absolute atomic E-state index is 0.1000. The zero-order valence-electron chi connectivity index (χ0n) is 9.77. The van der Waals surface area contributed by atoms with Crippen molar-refractivity contribution in [2.24, 2.45) is 0 Å². The molecule has 0 saturated heterocycles. The van der Waals surface area contributed by atoms with Gasteiger partial charge in [0.15, 0.2) is 0 Å². The van der Waals surface area contributed by atoms with Gasteiger partial charge in [0.2, 0.25) is 0 Å². The van der Waals surface area contributed by atoms with Crippen molar-refractivity contribution in [1.82, 2.24) is 0 Å². The minimum Gasteiger partial charge on any atom is -0.489 e. The van der Waals surface area contributed by atoms with E-state index in [0.29, 0.717) is 5.56 Å². The van der Waals surface area contributed by atoms with Gasteiger partial charge in [0.1, 0.15) is 24.0 Å². The summed E-state index contributed by atoms with van der Waals surface area (Å²) in [5, 5.41) is 8.79. The van der Waals surface area contributed by atoms with Crippen LogP contribution in [0.2, 0.25) is 0 Å². The molecule has 0 bridgehead atoms. The molecule has 19 heavy (non-hydrogen) atoms. The van der Waals surface area contributed by atoms with Gasteiger partial charge in [-0.3, -0.25) is 0 Å². The Bertz CT molecular complexity index is 594. The fraction of sp³-hybridized carbons (Fsp3) is 0.0714. The summed E-state index contributed by atoms with van der Waals surface area (Å²) in [7, 11) is 0. The second-order valence-corrected chi connectivity index (χ2v) is 3.90. The van der Waals surface area contributed by atoms with E-state index in [1.807, 2.05) is 0 Å². The highest BCUT2D eigenvalue weighted by molar-refractivity contribution is 5.88. The first kappa shape index (κ1) is 13.0. The highest BCUT2D eigenvalue weighted by Gasteiger charge is 2.08. The Hall–Kier alpha value is -2.43. The molecule has 0 amide bonds. The molecular formula is C14H10F2O3. The minimum atomic E-state index is -1.23. The van der Waals surface area contributed by atoms with Gasteiger partial charge in [-0.1, -0.05) is 12.1 Å². The average molecular weight is 264 g/mol. The van der Waals surface area contributed by atoms with Crippen molar-refractivity contribution in [1.29, 1.82) is 0 Å². The third-order valence-electron chi connectivity index (χ3n) is 2.44. The molecule has 0 unspecified atom stereocenters. The van der Waals surface area contributed by atoms with Crippen LogP contribution in [0.15, 0.2) is 42.5 Å². The second-order valence-electron chi connectivity index (χ2n) is 3.90. The molecule has 3 nitrogen and oxygen atoms in total. The average Bonchev–Trinajstić information content (AvgIpc) is 2.37. The third kappa shape index (κ3) is 3.51. The zero-order chi connectivity index (χ0) is 13.8. The number of rotatable bonds is 4. The van der Waals surface area contributed by atoms with E-state index in [-0.39, 0.29) is 23.7 Å². The highest BCUT2D eigenvalue weighted by atomic mass is 19.1. The molecule has 0 fully saturated rings. The van der Waals surface area contributed by atoms with Gasteiger partial charge in [-0.15, -0.1) is 0 Å². The lowest BCUT2D eigenvalue weighted by Crippen LogP contribution is -2.00. The molecule has 0 aromatic heterocycles. The van der Waals surface area contributed by atoms with Crippen molar-refractivity contribution in [3.63, 3.8) is 0 Å². The number of carboxylic acids is 1. The van der Waals surface area contributed by atoms with Crippen LogP contribution in [-0.4, -0.2) is 11.1 Å². The quantitative estimate of drug-likeness (QED) is 0.922. The van der Waals surface area contributed by atoms with Crippen LogP contribution in [-0.2, 0) is 6.61 Å². The van der Waals surface area contributed by atoms with Crippen LogP contribution in [0.3, 0.4) is 0 Å². The number of halogens is 2. The predicted octanol–water partition coefficient (Wildman–Crippen LogP) is 3.24. The Kier molecular flexibility index (Phi) is 3.75. The van der Waals surface area contributed by atoms with Crippen LogP contribution < -0.4 is 4.74 Å². The van der Waals surface area contributed by atoms with Crippen molar-refractivity contribution in [3.05, 3.63) is 65.2 Å². The van der Waals surface area contributed by atoms with Crippen molar-refractivity contribution >= 4 is 5.97 Å². The third-order valence-corrected chi connectivity index (χ3v) is 2.44. The van der Waals surface area contributed by atoms with Crippen molar-refractivity contribution in [2.75, 3.05) is 0 Å². The first-order valence-electron chi connectivity index (χ1n) is 5.46. The molecule has 0 atom stereocenters. The van der Waals surface area contributed by atoms with Gasteiger partial charge in [0.25, 0.3) is 0 Å². The maximum Gasteiger partial charge on any atom is 0.335 e. The van der Waals surface area contributed by atoms with Crippen molar-refractivity contribution < 1.29 is 23.4 Å². The Morgan fingerprint density at radius 1 is 1.05 bits per heavy atom. The number of ether oxygens (including phenoxy) is 1. The molecule has 0 heterocycles. The maximum absolute atomic E-state index is 13.2. The fourth-order valence-electron chi connectivity index (χ4n) is 1.52. The first-order chi connectivity index (χ1) is 9.04. The lowest BCUT2D eigenvalue weighted by atomic mass is 10.2. The Morgan fingerprint density at radius 3 is 2.37 bits per heavy atom. The topological polar surface area (TPSA) is 46.5 Å². The molecule has 2 aromatic carbocycles. The van der Waals surface area contributed by atoms with E-state index in [1.165, 1.54) is 30.3 Å². The Morgan fingerprint density at radius 2 is 1.74 bits per heavy atom. The summed E-state index contributed by atoms with van der Waals surface area (Å²) in [6, 6.07) is 8.87. The molecule has 0 aliphatic heterocycles. The standard InChI is InChI=1S/C14H10F2O3/c15-11-3-1-9(2-4-11)8-19-13-6-10(14(17)18)5-12(16)7-13/h1-7H,8H2,(H,17,18). The number of carboxylic acid groups (broad SMARTS) is 1. The van der Waals surface area contributed by atoms with E-state index in [9.17, 15) is 13.6 Å². The van der Waals surface area contributed by atoms with Crippen LogP contribution in [0.1, 0.15) is 15.9 Å². The number of carbonyl (C=O) groups is 1.